The van der Waals surface area contributed by atoms with Crippen molar-refractivity contribution in [1.29, 1.82) is 0 Å². The van der Waals surface area contributed by atoms with Crippen LogP contribution in [0, 0.1) is 0 Å². The third-order valence-corrected chi connectivity index (χ3v) is 1.66. The van der Waals surface area contributed by atoms with E-state index in [2.05, 4.69) is 29.6 Å². The van der Waals surface area contributed by atoms with E-state index in [4.69, 9.17) is 0 Å². The Balaban J connectivity index is 2.29. The Morgan fingerprint density at radius 2 is 2.56 bits per heavy atom. The van der Waals surface area contributed by atoms with Crippen LogP contribution < -0.4 is 5.32 Å². The van der Waals surface area contributed by atoms with E-state index in [0.29, 0.717) is 6.04 Å². The first kappa shape index (κ1) is 4.86. The van der Waals surface area contributed by atoms with Gasteiger partial charge in [0.15, 0.2) is 0 Å². The zero-order chi connectivity index (χ0) is 6.10. The lowest BCUT2D eigenvalue weighted by Crippen LogP contribution is -2.12. The summed E-state index contributed by atoms with van der Waals surface area (Å²) in [6.07, 6.45) is 11.6. The van der Waals surface area contributed by atoms with Crippen molar-refractivity contribution in [3.63, 3.8) is 0 Å². The zero-order valence-electron chi connectivity index (χ0n) is 5.12. The average molecular weight is 118 g/mol. The smallest absolute Gasteiger partial charge is 0.0927 e. The van der Waals surface area contributed by atoms with E-state index in [1.54, 1.807) is 0 Å². The van der Waals surface area contributed by atoms with Gasteiger partial charge in [0.2, 0.25) is 0 Å². The van der Waals surface area contributed by atoms with Crippen molar-refractivity contribution in [3.05, 3.63) is 36.1 Å². The van der Waals surface area contributed by atoms with Crippen molar-refractivity contribution in [2.45, 2.75) is 12.5 Å². The van der Waals surface area contributed by atoms with Crippen molar-refractivity contribution in [2.24, 2.45) is 0 Å². The highest BCUT2D eigenvalue weighted by Crippen LogP contribution is 2.18. The van der Waals surface area contributed by atoms with Crippen molar-refractivity contribution < 1.29 is 0 Å². The van der Waals surface area contributed by atoms with E-state index in [-0.39, 0.29) is 0 Å². The molecule has 1 atom stereocenters. The van der Waals surface area contributed by atoms with Crippen LogP contribution in [0.2, 0.25) is 0 Å². The first-order chi connectivity index (χ1) is 4.47. The number of rotatable bonds is 0. The standard InChI is InChI=1S/C8H8N/c1-2-4-8-7(3-1)5-6-9-8/h2-6,8H,1H2. The van der Waals surface area contributed by atoms with Gasteiger partial charge in [-0.05, 0) is 18.1 Å². The lowest BCUT2D eigenvalue weighted by atomic mass is 10.0. The Labute approximate surface area is 54.8 Å². The summed E-state index contributed by atoms with van der Waals surface area (Å²) in [5.41, 5.74) is 1.36. The summed E-state index contributed by atoms with van der Waals surface area (Å²) in [6, 6.07) is 0.360. The van der Waals surface area contributed by atoms with Crippen LogP contribution in [0.5, 0.6) is 0 Å². The van der Waals surface area contributed by atoms with E-state index in [1.807, 2.05) is 6.20 Å². The molecule has 0 aromatic heterocycles. The maximum Gasteiger partial charge on any atom is 0.0927 e. The first-order valence-corrected chi connectivity index (χ1v) is 3.20. The highest BCUT2D eigenvalue weighted by atomic mass is 14.9. The SMILES string of the molecule is C1=CC2[N]C=CC2=CC1. The molecular weight excluding hydrogens is 110 g/mol. The molecule has 1 heterocycles. The van der Waals surface area contributed by atoms with Gasteiger partial charge < -0.3 is 0 Å². The first-order valence-electron chi connectivity index (χ1n) is 3.20. The summed E-state index contributed by atoms with van der Waals surface area (Å²) in [5.74, 6) is 0. The second-order valence-corrected chi connectivity index (χ2v) is 2.28. The third-order valence-electron chi connectivity index (χ3n) is 1.66. The molecule has 1 radical (unpaired) electrons. The van der Waals surface area contributed by atoms with Crippen LogP contribution in [0.25, 0.3) is 0 Å². The monoisotopic (exact) mass is 118 g/mol. The minimum atomic E-state index is 0.360. The molecule has 0 saturated carbocycles. The molecule has 0 amide bonds. The van der Waals surface area contributed by atoms with Crippen molar-refractivity contribution in [2.75, 3.05) is 0 Å². The van der Waals surface area contributed by atoms with Gasteiger partial charge in [-0.3, -0.25) is 5.32 Å². The molecule has 9 heavy (non-hydrogen) atoms. The molecule has 2 rings (SSSR count). The largest absolute Gasteiger partial charge is 0.281 e. The maximum atomic E-state index is 4.22. The molecule has 1 aliphatic carbocycles. The summed E-state index contributed by atoms with van der Waals surface area (Å²) in [4.78, 5) is 0. The molecule has 45 valence electrons. The van der Waals surface area contributed by atoms with E-state index in [9.17, 15) is 0 Å². The van der Waals surface area contributed by atoms with E-state index in [1.165, 1.54) is 5.57 Å². The van der Waals surface area contributed by atoms with Crippen LogP contribution in [-0.2, 0) is 0 Å². The summed E-state index contributed by atoms with van der Waals surface area (Å²) < 4.78 is 0. The van der Waals surface area contributed by atoms with Crippen LogP contribution in [0.4, 0.5) is 0 Å². The third kappa shape index (κ3) is 0.689. The lowest BCUT2D eigenvalue weighted by molar-refractivity contribution is 0.818. The number of fused-ring (bicyclic) bond motifs is 1. The summed E-state index contributed by atoms with van der Waals surface area (Å²) in [7, 11) is 0. The average Bonchev–Trinajstić information content (AvgIpc) is 2.33. The Morgan fingerprint density at radius 1 is 1.56 bits per heavy atom. The molecule has 0 bridgehead atoms. The van der Waals surface area contributed by atoms with E-state index >= 15 is 0 Å². The molecule has 0 N–H and O–H groups in total. The molecule has 0 aromatic rings. The second-order valence-electron chi connectivity index (χ2n) is 2.28. The van der Waals surface area contributed by atoms with E-state index in [0.717, 1.165) is 6.42 Å². The maximum absolute atomic E-state index is 4.22. The van der Waals surface area contributed by atoms with Gasteiger partial charge in [-0.2, -0.15) is 0 Å². The van der Waals surface area contributed by atoms with Crippen molar-refractivity contribution >= 4 is 0 Å². The predicted molar refractivity (Wildman–Crippen MR) is 36.9 cm³/mol. The molecule has 0 spiro atoms. The van der Waals surface area contributed by atoms with Gasteiger partial charge in [-0.1, -0.05) is 18.2 Å². The highest BCUT2D eigenvalue weighted by Gasteiger charge is 2.14. The van der Waals surface area contributed by atoms with Crippen LogP contribution >= 0.6 is 0 Å². The van der Waals surface area contributed by atoms with Gasteiger partial charge in [0.25, 0.3) is 0 Å². The molecule has 0 aromatic carbocycles. The van der Waals surface area contributed by atoms with Crippen molar-refractivity contribution in [1.82, 2.24) is 5.32 Å². The zero-order valence-corrected chi connectivity index (χ0v) is 5.12. The van der Waals surface area contributed by atoms with Gasteiger partial charge in [0.05, 0.1) is 6.04 Å². The van der Waals surface area contributed by atoms with Crippen LogP contribution in [-0.4, -0.2) is 6.04 Å². The number of hydrogen-bond donors (Lipinski definition) is 0. The Kier molecular flexibility index (Phi) is 0.950. The predicted octanol–water partition coefficient (Wildman–Crippen LogP) is 1.37. The lowest BCUT2D eigenvalue weighted by Gasteiger charge is -2.08. The quantitative estimate of drug-likeness (QED) is 0.426. The minimum absolute atomic E-state index is 0.360. The molecular formula is C8H8N. The van der Waals surface area contributed by atoms with Gasteiger partial charge in [-0.15, -0.1) is 0 Å². The number of allylic oxidation sites excluding steroid dienone is 2. The topological polar surface area (TPSA) is 14.1 Å². The van der Waals surface area contributed by atoms with E-state index < -0.39 is 0 Å². The molecule has 2 aliphatic rings. The minimum Gasteiger partial charge on any atom is -0.281 e. The van der Waals surface area contributed by atoms with Crippen molar-refractivity contribution in [3.8, 4) is 0 Å². The highest BCUT2D eigenvalue weighted by molar-refractivity contribution is 5.37. The molecule has 1 heteroatoms. The fourth-order valence-corrected chi connectivity index (χ4v) is 1.17. The van der Waals surface area contributed by atoms with Gasteiger partial charge in [0.1, 0.15) is 0 Å². The Morgan fingerprint density at radius 3 is 3.44 bits per heavy atom. The fraction of sp³-hybridized carbons (Fsp3) is 0.250. The van der Waals surface area contributed by atoms with Crippen LogP contribution in [0.3, 0.4) is 0 Å². The van der Waals surface area contributed by atoms with Crippen LogP contribution in [0.1, 0.15) is 6.42 Å². The Hall–Kier alpha value is -0.980. The number of hydrogen-bond acceptors (Lipinski definition) is 0. The normalized spacial score (nSPS) is 29.3. The Bertz CT molecular complexity index is 199. The van der Waals surface area contributed by atoms with Gasteiger partial charge in [-0.25, -0.2) is 0 Å². The molecule has 0 fully saturated rings. The fourth-order valence-electron chi connectivity index (χ4n) is 1.17. The molecule has 1 nitrogen and oxygen atoms in total. The van der Waals surface area contributed by atoms with Crippen LogP contribution in [0.15, 0.2) is 36.1 Å². The molecule has 1 unspecified atom stereocenters. The summed E-state index contributed by atoms with van der Waals surface area (Å²) in [5, 5.41) is 4.22. The number of nitrogens with zero attached hydrogens (tertiary/aromatic N) is 1. The summed E-state index contributed by atoms with van der Waals surface area (Å²) >= 11 is 0. The summed E-state index contributed by atoms with van der Waals surface area (Å²) in [6.45, 7) is 0. The second kappa shape index (κ2) is 1.76. The van der Waals surface area contributed by atoms with Gasteiger partial charge in [0, 0.05) is 6.20 Å². The molecule has 0 saturated heterocycles. The molecule has 1 aliphatic heterocycles. The van der Waals surface area contributed by atoms with Gasteiger partial charge >= 0.3 is 0 Å².